The van der Waals surface area contributed by atoms with Crippen LogP contribution in [0.2, 0.25) is 0 Å². The van der Waals surface area contributed by atoms with Crippen LogP contribution in [0.3, 0.4) is 0 Å². The number of anilines is 3. The molecule has 0 radical (unpaired) electrons. The van der Waals surface area contributed by atoms with Crippen molar-refractivity contribution in [1.82, 2.24) is 15.0 Å². The maximum atomic E-state index is 4.63. The summed E-state index contributed by atoms with van der Waals surface area (Å²) in [7, 11) is 0. The molecule has 2 aromatic carbocycles. The van der Waals surface area contributed by atoms with Crippen LogP contribution < -0.4 is 10.6 Å². The molecule has 2 aromatic heterocycles. The molecule has 0 atom stereocenters. The van der Waals surface area contributed by atoms with E-state index in [2.05, 4.69) is 82.0 Å². The molecule has 28 heavy (non-hydrogen) atoms. The van der Waals surface area contributed by atoms with E-state index in [1.807, 2.05) is 19.1 Å². The van der Waals surface area contributed by atoms with E-state index < -0.39 is 0 Å². The van der Waals surface area contributed by atoms with Gasteiger partial charge in [-0.25, -0.2) is 4.98 Å². The third kappa shape index (κ3) is 3.98. The van der Waals surface area contributed by atoms with Crippen molar-refractivity contribution < 1.29 is 0 Å². The number of aromatic amines is 1. The standard InChI is InChI=1S/C23H25N5/c1-15-8-9-20(16(2)12-15)27-22-13-17(3)26-23(28-22)24-11-10-18-14-25-21-7-5-4-6-19(18)21/h4-9,12-14,25H,10-11H2,1-3H3,(H2,24,26,27,28). The Morgan fingerprint density at radius 2 is 1.82 bits per heavy atom. The fourth-order valence-electron chi connectivity index (χ4n) is 3.45. The van der Waals surface area contributed by atoms with Crippen molar-refractivity contribution in [2.45, 2.75) is 27.2 Å². The van der Waals surface area contributed by atoms with E-state index in [1.54, 1.807) is 0 Å². The van der Waals surface area contributed by atoms with Crippen LogP contribution in [0.4, 0.5) is 17.5 Å². The molecule has 0 fully saturated rings. The van der Waals surface area contributed by atoms with Crippen molar-refractivity contribution in [3.8, 4) is 0 Å². The summed E-state index contributed by atoms with van der Waals surface area (Å²) in [4.78, 5) is 12.5. The third-order valence-corrected chi connectivity index (χ3v) is 4.85. The number of aryl methyl sites for hydroxylation is 3. The first kappa shape index (κ1) is 18.0. The first-order chi connectivity index (χ1) is 13.6. The number of nitrogens with one attached hydrogen (secondary N) is 3. The highest BCUT2D eigenvalue weighted by molar-refractivity contribution is 5.83. The second kappa shape index (κ2) is 7.72. The molecule has 4 rings (SSSR count). The molecule has 0 saturated carbocycles. The molecule has 0 spiro atoms. The molecule has 5 heteroatoms. The zero-order valence-electron chi connectivity index (χ0n) is 16.5. The van der Waals surface area contributed by atoms with Crippen molar-refractivity contribution in [3.63, 3.8) is 0 Å². The van der Waals surface area contributed by atoms with E-state index in [9.17, 15) is 0 Å². The molecule has 0 aliphatic carbocycles. The maximum absolute atomic E-state index is 4.63. The molecule has 0 saturated heterocycles. The fraction of sp³-hybridized carbons (Fsp3) is 0.217. The van der Waals surface area contributed by atoms with Gasteiger partial charge in [0.15, 0.2) is 0 Å². The second-order valence-corrected chi connectivity index (χ2v) is 7.20. The highest BCUT2D eigenvalue weighted by Gasteiger charge is 2.06. The lowest BCUT2D eigenvalue weighted by Crippen LogP contribution is -2.09. The minimum Gasteiger partial charge on any atom is -0.361 e. The van der Waals surface area contributed by atoms with Gasteiger partial charge in [0.2, 0.25) is 5.95 Å². The Morgan fingerprint density at radius 1 is 0.964 bits per heavy atom. The van der Waals surface area contributed by atoms with Gasteiger partial charge in [0.1, 0.15) is 5.82 Å². The molecular weight excluding hydrogens is 346 g/mol. The van der Waals surface area contributed by atoms with Gasteiger partial charge < -0.3 is 15.6 Å². The second-order valence-electron chi connectivity index (χ2n) is 7.20. The number of aromatic nitrogens is 3. The summed E-state index contributed by atoms with van der Waals surface area (Å²) in [6.07, 6.45) is 2.98. The lowest BCUT2D eigenvalue weighted by Gasteiger charge is -2.12. The van der Waals surface area contributed by atoms with Crippen LogP contribution in [-0.4, -0.2) is 21.5 Å². The number of fused-ring (bicyclic) bond motifs is 1. The van der Waals surface area contributed by atoms with Gasteiger partial charge in [0.25, 0.3) is 0 Å². The molecular formula is C23H25N5. The Balaban J connectivity index is 1.45. The largest absolute Gasteiger partial charge is 0.361 e. The van der Waals surface area contributed by atoms with Gasteiger partial charge in [-0.05, 0) is 50.5 Å². The Morgan fingerprint density at radius 3 is 2.68 bits per heavy atom. The topological polar surface area (TPSA) is 65.6 Å². The number of hydrogen-bond acceptors (Lipinski definition) is 4. The first-order valence-electron chi connectivity index (χ1n) is 9.57. The predicted molar refractivity (Wildman–Crippen MR) is 116 cm³/mol. The van der Waals surface area contributed by atoms with Gasteiger partial charge in [0, 0.05) is 41.1 Å². The molecule has 5 nitrogen and oxygen atoms in total. The Kier molecular flexibility index (Phi) is 4.98. The van der Waals surface area contributed by atoms with E-state index in [0.717, 1.165) is 30.2 Å². The number of rotatable bonds is 6. The van der Waals surface area contributed by atoms with Gasteiger partial charge in [-0.1, -0.05) is 35.9 Å². The molecule has 142 valence electrons. The van der Waals surface area contributed by atoms with Crippen molar-refractivity contribution in [3.05, 3.63) is 77.1 Å². The summed E-state index contributed by atoms with van der Waals surface area (Å²) in [6.45, 7) is 6.96. The van der Waals surface area contributed by atoms with E-state index >= 15 is 0 Å². The lowest BCUT2D eigenvalue weighted by atomic mass is 10.1. The molecule has 0 aliphatic rings. The molecule has 0 unspecified atom stereocenters. The Hall–Kier alpha value is -3.34. The van der Waals surface area contributed by atoms with Crippen LogP contribution in [0, 0.1) is 20.8 Å². The summed E-state index contributed by atoms with van der Waals surface area (Å²) in [5.74, 6) is 1.45. The van der Waals surface area contributed by atoms with Crippen molar-refractivity contribution in [1.29, 1.82) is 0 Å². The van der Waals surface area contributed by atoms with Gasteiger partial charge in [-0.15, -0.1) is 0 Å². The monoisotopic (exact) mass is 371 g/mol. The van der Waals surface area contributed by atoms with Gasteiger partial charge in [-0.3, -0.25) is 0 Å². The quantitative estimate of drug-likeness (QED) is 0.431. The van der Waals surface area contributed by atoms with E-state index in [0.29, 0.717) is 5.95 Å². The average Bonchev–Trinajstić information content (AvgIpc) is 3.07. The fourth-order valence-corrected chi connectivity index (χ4v) is 3.45. The minimum absolute atomic E-state index is 0.645. The Bertz CT molecular complexity index is 1110. The molecule has 0 amide bonds. The first-order valence-corrected chi connectivity index (χ1v) is 9.57. The third-order valence-electron chi connectivity index (χ3n) is 4.85. The van der Waals surface area contributed by atoms with E-state index in [4.69, 9.17) is 0 Å². The van der Waals surface area contributed by atoms with Crippen LogP contribution in [-0.2, 0) is 6.42 Å². The van der Waals surface area contributed by atoms with Gasteiger partial charge in [0.05, 0.1) is 0 Å². The number of nitrogens with zero attached hydrogens (tertiary/aromatic N) is 2. The number of H-pyrrole nitrogens is 1. The van der Waals surface area contributed by atoms with Crippen LogP contribution >= 0.6 is 0 Å². The average molecular weight is 371 g/mol. The highest BCUT2D eigenvalue weighted by Crippen LogP contribution is 2.22. The number of benzene rings is 2. The van der Waals surface area contributed by atoms with E-state index in [-0.39, 0.29) is 0 Å². The van der Waals surface area contributed by atoms with Crippen molar-refractivity contribution >= 4 is 28.4 Å². The molecule has 2 heterocycles. The molecule has 0 aliphatic heterocycles. The number of para-hydroxylation sites is 1. The highest BCUT2D eigenvalue weighted by atomic mass is 15.1. The summed E-state index contributed by atoms with van der Waals surface area (Å²) >= 11 is 0. The lowest BCUT2D eigenvalue weighted by molar-refractivity contribution is 0.981. The SMILES string of the molecule is Cc1ccc(Nc2cc(C)nc(NCCc3c[nH]c4ccccc34)n2)c(C)c1. The minimum atomic E-state index is 0.645. The summed E-state index contributed by atoms with van der Waals surface area (Å²) in [5.41, 5.74) is 6.91. The van der Waals surface area contributed by atoms with Gasteiger partial charge >= 0.3 is 0 Å². The molecule has 3 N–H and O–H groups in total. The van der Waals surface area contributed by atoms with Crippen molar-refractivity contribution in [2.75, 3.05) is 17.2 Å². The van der Waals surface area contributed by atoms with Crippen LogP contribution in [0.5, 0.6) is 0 Å². The maximum Gasteiger partial charge on any atom is 0.224 e. The number of hydrogen-bond donors (Lipinski definition) is 3. The summed E-state index contributed by atoms with van der Waals surface area (Å²) in [6, 6.07) is 16.7. The molecule has 0 bridgehead atoms. The summed E-state index contributed by atoms with van der Waals surface area (Å²) < 4.78 is 0. The van der Waals surface area contributed by atoms with Crippen LogP contribution in [0.1, 0.15) is 22.4 Å². The van der Waals surface area contributed by atoms with E-state index in [1.165, 1.54) is 27.6 Å². The Labute approximate surface area is 165 Å². The molecule has 4 aromatic rings. The smallest absolute Gasteiger partial charge is 0.224 e. The normalized spacial score (nSPS) is 11.0. The van der Waals surface area contributed by atoms with Crippen molar-refractivity contribution in [2.24, 2.45) is 0 Å². The summed E-state index contributed by atoms with van der Waals surface area (Å²) in [5, 5.41) is 8.05. The van der Waals surface area contributed by atoms with Crippen LogP contribution in [0.15, 0.2) is 54.7 Å². The zero-order chi connectivity index (χ0) is 19.5. The van der Waals surface area contributed by atoms with Gasteiger partial charge in [-0.2, -0.15) is 4.98 Å². The van der Waals surface area contributed by atoms with Crippen LogP contribution in [0.25, 0.3) is 10.9 Å². The predicted octanol–water partition coefficient (Wildman–Crippen LogP) is 5.28. The zero-order valence-corrected chi connectivity index (χ0v) is 16.5.